The number of aromatic nitrogens is 1. The quantitative estimate of drug-likeness (QED) is 0.363. The Hall–Kier alpha value is -3.14. The van der Waals surface area contributed by atoms with E-state index < -0.39 is 47.6 Å². The van der Waals surface area contributed by atoms with E-state index in [1.807, 2.05) is 6.07 Å². The highest BCUT2D eigenvalue weighted by atomic mass is 32.2. The normalized spacial score (nSPS) is 22.5. The van der Waals surface area contributed by atoms with Crippen LogP contribution in [-0.4, -0.2) is 52.4 Å². The molecule has 0 radical (unpaired) electrons. The van der Waals surface area contributed by atoms with Crippen LogP contribution in [0.2, 0.25) is 0 Å². The highest BCUT2D eigenvalue weighted by molar-refractivity contribution is 7.99. The van der Waals surface area contributed by atoms with Crippen LogP contribution in [-0.2, 0) is 28.6 Å². The molecule has 1 aromatic carbocycles. The van der Waals surface area contributed by atoms with Crippen LogP contribution in [0.4, 0.5) is 4.39 Å². The van der Waals surface area contributed by atoms with E-state index in [-0.39, 0.29) is 5.75 Å². The molecule has 170 valence electrons. The molecule has 4 atom stereocenters. The van der Waals surface area contributed by atoms with Crippen molar-refractivity contribution < 1.29 is 37.7 Å². The molecule has 0 N–H and O–H groups in total. The third-order valence-electron chi connectivity index (χ3n) is 4.45. The fraction of sp³-hybridized carbons (Fsp3) is 0.364. The Bertz CT molecular complexity index is 984. The standard InChI is InChI=1S/C22H22FNO7S/c1-12(25)28-18-11-32-22(21(30-14(3)27)20(18)29-13(2)26)31-17-6-4-5-15(9-17)16-7-8-19(23)24-10-16/h4-10,18,20-22H,11H2,1-3H3/t18-,20+,21-,22-/m1/s1. The summed E-state index contributed by atoms with van der Waals surface area (Å²) in [6.07, 6.45) is -1.44. The second kappa shape index (κ2) is 10.4. The number of pyridine rings is 1. The van der Waals surface area contributed by atoms with Gasteiger partial charge >= 0.3 is 17.9 Å². The molecule has 0 spiro atoms. The molecule has 0 amide bonds. The summed E-state index contributed by atoms with van der Waals surface area (Å²) in [5.41, 5.74) is 0.697. The third kappa shape index (κ3) is 6.19. The molecule has 8 nitrogen and oxygen atoms in total. The topological polar surface area (TPSA) is 101 Å². The molecular formula is C22H22FNO7S. The predicted molar refractivity (Wildman–Crippen MR) is 113 cm³/mol. The van der Waals surface area contributed by atoms with Crippen molar-refractivity contribution in [3.63, 3.8) is 0 Å². The fourth-order valence-electron chi connectivity index (χ4n) is 3.24. The maximum Gasteiger partial charge on any atom is 0.303 e. The average Bonchev–Trinajstić information content (AvgIpc) is 2.72. The molecule has 1 fully saturated rings. The van der Waals surface area contributed by atoms with Gasteiger partial charge < -0.3 is 18.9 Å². The number of halogens is 1. The van der Waals surface area contributed by atoms with Gasteiger partial charge in [0.15, 0.2) is 23.7 Å². The number of carbonyl (C=O) groups excluding carboxylic acids is 3. The zero-order chi connectivity index (χ0) is 23.3. The zero-order valence-electron chi connectivity index (χ0n) is 17.6. The SMILES string of the molecule is CC(=O)O[C@@H]1[C@@H](OC(C)=O)[C@H](OC(C)=O)CS[C@H]1Oc1cccc(-c2ccc(F)nc2)c1. The maximum atomic E-state index is 13.1. The number of carbonyl (C=O) groups is 3. The first-order valence-corrected chi connectivity index (χ1v) is 10.8. The van der Waals surface area contributed by atoms with Crippen molar-refractivity contribution >= 4 is 29.7 Å². The van der Waals surface area contributed by atoms with Gasteiger partial charge in [-0.2, -0.15) is 4.39 Å². The molecule has 10 heteroatoms. The molecule has 0 saturated carbocycles. The first kappa shape index (κ1) is 23.5. The Kier molecular flexibility index (Phi) is 7.68. The zero-order valence-corrected chi connectivity index (χ0v) is 18.5. The smallest absolute Gasteiger partial charge is 0.303 e. The summed E-state index contributed by atoms with van der Waals surface area (Å²) in [6.45, 7) is 3.69. The first-order chi connectivity index (χ1) is 15.2. The molecular weight excluding hydrogens is 441 g/mol. The summed E-state index contributed by atoms with van der Waals surface area (Å²) in [5.74, 6) is -1.62. The van der Waals surface area contributed by atoms with E-state index in [1.165, 1.54) is 44.8 Å². The molecule has 1 saturated heterocycles. The molecule has 2 aromatic rings. The lowest BCUT2D eigenvalue weighted by Gasteiger charge is -2.39. The minimum absolute atomic E-state index is 0.265. The summed E-state index contributed by atoms with van der Waals surface area (Å²) in [7, 11) is 0. The molecule has 32 heavy (non-hydrogen) atoms. The predicted octanol–water partition coefficient (Wildman–Crippen LogP) is 3.13. The molecule has 2 heterocycles. The van der Waals surface area contributed by atoms with Crippen LogP contribution in [0.25, 0.3) is 11.1 Å². The van der Waals surface area contributed by atoms with Gasteiger partial charge in [0.1, 0.15) is 5.75 Å². The lowest BCUT2D eigenvalue weighted by atomic mass is 10.1. The second-order valence-corrected chi connectivity index (χ2v) is 8.14. The van der Waals surface area contributed by atoms with E-state index in [0.717, 1.165) is 5.56 Å². The highest BCUT2D eigenvalue weighted by Crippen LogP contribution is 2.35. The number of esters is 3. The number of rotatable bonds is 6. The summed E-state index contributed by atoms with van der Waals surface area (Å²) >= 11 is 1.26. The molecule has 1 aliphatic heterocycles. The van der Waals surface area contributed by atoms with Crippen molar-refractivity contribution in [3.8, 4) is 16.9 Å². The van der Waals surface area contributed by atoms with E-state index in [0.29, 0.717) is 11.3 Å². The van der Waals surface area contributed by atoms with Crippen LogP contribution < -0.4 is 4.74 Å². The fourth-order valence-corrected chi connectivity index (χ4v) is 4.46. The van der Waals surface area contributed by atoms with Crippen LogP contribution in [0.3, 0.4) is 0 Å². The van der Waals surface area contributed by atoms with Gasteiger partial charge in [0.05, 0.1) is 0 Å². The van der Waals surface area contributed by atoms with Crippen LogP contribution in [0.1, 0.15) is 20.8 Å². The third-order valence-corrected chi connectivity index (χ3v) is 5.67. The number of hydrogen-bond acceptors (Lipinski definition) is 9. The Morgan fingerprint density at radius 2 is 1.62 bits per heavy atom. The van der Waals surface area contributed by atoms with E-state index in [4.69, 9.17) is 18.9 Å². The number of thioether (sulfide) groups is 1. The summed E-state index contributed by atoms with van der Waals surface area (Å²) in [6, 6.07) is 9.88. The minimum atomic E-state index is -1.03. The number of hydrogen-bond donors (Lipinski definition) is 0. The molecule has 0 unspecified atom stereocenters. The first-order valence-electron chi connectivity index (χ1n) is 9.75. The van der Waals surface area contributed by atoms with Crippen molar-refractivity contribution in [1.29, 1.82) is 0 Å². The van der Waals surface area contributed by atoms with Crippen LogP contribution >= 0.6 is 11.8 Å². The van der Waals surface area contributed by atoms with Crippen molar-refractivity contribution in [1.82, 2.24) is 4.98 Å². The second-order valence-electron chi connectivity index (χ2n) is 7.01. The largest absolute Gasteiger partial charge is 0.476 e. The summed E-state index contributed by atoms with van der Waals surface area (Å²) < 4.78 is 35.3. The van der Waals surface area contributed by atoms with Crippen molar-refractivity contribution in [2.45, 2.75) is 44.5 Å². The van der Waals surface area contributed by atoms with Gasteiger partial charge in [-0.15, -0.1) is 11.8 Å². The summed E-state index contributed by atoms with van der Waals surface area (Å²) in [4.78, 5) is 38.6. The molecule has 0 bridgehead atoms. The maximum absolute atomic E-state index is 13.1. The number of benzene rings is 1. The van der Waals surface area contributed by atoms with Gasteiger partial charge in [0, 0.05) is 38.3 Å². The molecule has 1 aromatic heterocycles. The van der Waals surface area contributed by atoms with Crippen LogP contribution in [0, 0.1) is 5.95 Å². The lowest BCUT2D eigenvalue weighted by molar-refractivity contribution is -0.186. The highest BCUT2D eigenvalue weighted by Gasteiger charge is 2.47. The lowest BCUT2D eigenvalue weighted by Crippen LogP contribution is -2.55. The molecule has 3 rings (SSSR count). The Morgan fingerprint density at radius 3 is 2.25 bits per heavy atom. The van der Waals surface area contributed by atoms with Gasteiger partial charge in [-0.05, 0) is 29.8 Å². The van der Waals surface area contributed by atoms with Crippen molar-refractivity contribution in [3.05, 3.63) is 48.5 Å². The van der Waals surface area contributed by atoms with Gasteiger partial charge in [-0.25, -0.2) is 4.98 Å². The van der Waals surface area contributed by atoms with Gasteiger partial charge in [0.2, 0.25) is 5.95 Å². The number of nitrogens with zero attached hydrogens (tertiary/aromatic N) is 1. The number of ether oxygens (including phenoxy) is 4. The Balaban J connectivity index is 1.86. The molecule has 0 aliphatic carbocycles. The van der Waals surface area contributed by atoms with E-state index in [9.17, 15) is 18.8 Å². The van der Waals surface area contributed by atoms with E-state index >= 15 is 0 Å². The minimum Gasteiger partial charge on any atom is -0.476 e. The van der Waals surface area contributed by atoms with Gasteiger partial charge in [0.25, 0.3) is 0 Å². The van der Waals surface area contributed by atoms with E-state index in [1.54, 1.807) is 24.3 Å². The monoisotopic (exact) mass is 463 g/mol. The van der Waals surface area contributed by atoms with Gasteiger partial charge in [-0.3, -0.25) is 14.4 Å². The Labute approximate surface area is 188 Å². The van der Waals surface area contributed by atoms with E-state index in [2.05, 4.69) is 4.98 Å². The van der Waals surface area contributed by atoms with Crippen LogP contribution in [0.5, 0.6) is 5.75 Å². The van der Waals surface area contributed by atoms with Crippen molar-refractivity contribution in [2.24, 2.45) is 0 Å². The average molecular weight is 463 g/mol. The van der Waals surface area contributed by atoms with Gasteiger partial charge in [-0.1, -0.05) is 12.1 Å². The molecule has 1 aliphatic rings. The summed E-state index contributed by atoms with van der Waals surface area (Å²) in [5, 5.41) is 0. The Morgan fingerprint density at radius 1 is 0.938 bits per heavy atom. The van der Waals surface area contributed by atoms with Crippen LogP contribution in [0.15, 0.2) is 42.6 Å². The van der Waals surface area contributed by atoms with Crippen molar-refractivity contribution in [2.75, 3.05) is 5.75 Å².